The molecule has 80 valence electrons. The fourth-order valence-electron chi connectivity index (χ4n) is 1.54. The lowest BCUT2D eigenvalue weighted by Crippen LogP contribution is -1.77. The number of aldehydes is 1. The monoisotopic (exact) mass is 275 g/mol. The van der Waals surface area contributed by atoms with Crippen LogP contribution in [0.25, 0.3) is 10.9 Å². The van der Waals surface area contributed by atoms with E-state index in [2.05, 4.69) is 32.8 Å². The molecule has 0 unspecified atom stereocenters. The molecule has 0 bridgehead atoms. The van der Waals surface area contributed by atoms with Gasteiger partial charge in [-0.25, -0.2) is 0 Å². The van der Waals surface area contributed by atoms with Crippen molar-refractivity contribution in [2.24, 2.45) is 0 Å². The van der Waals surface area contributed by atoms with Crippen LogP contribution in [0.1, 0.15) is 22.3 Å². The van der Waals surface area contributed by atoms with E-state index >= 15 is 0 Å². The quantitative estimate of drug-likeness (QED) is 0.510. The molecule has 16 heavy (non-hydrogen) atoms. The summed E-state index contributed by atoms with van der Waals surface area (Å²) < 4.78 is 0. The first kappa shape index (κ1) is 11.0. The van der Waals surface area contributed by atoms with Gasteiger partial charge in [0.25, 0.3) is 0 Å². The third-order valence-electron chi connectivity index (χ3n) is 2.29. The molecular weight excluding hydrogens is 266 g/mol. The third-order valence-corrected chi connectivity index (χ3v) is 2.69. The van der Waals surface area contributed by atoms with Crippen LogP contribution in [0.5, 0.6) is 0 Å². The normalized spacial score (nSPS) is 9.81. The molecule has 0 spiro atoms. The summed E-state index contributed by atoms with van der Waals surface area (Å²) in [6.45, 7) is 0. The Bertz CT molecular complexity index is 574. The lowest BCUT2D eigenvalue weighted by molar-refractivity contribution is 0.112. The fraction of sp³-hybridized carbons (Fsp3) is 0.154. The summed E-state index contributed by atoms with van der Waals surface area (Å²) in [7, 11) is 0. The minimum absolute atomic E-state index is 0.690. The molecule has 0 saturated heterocycles. The molecule has 0 aliphatic carbocycles. The number of rotatable bonds is 2. The topological polar surface area (TPSA) is 32.9 Å². The number of halogens is 1. The van der Waals surface area contributed by atoms with Crippen molar-refractivity contribution in [3.05, 3.63) is 35.5 Å². The zero-order valence-electron chi connectivity index (χ0n) is 8.59. The average molecular weight is 276 g/mol. The van der Waals surface area contributed by atoms with Crippen LogP contribution in [0, 0.1) is 11.8 Å². The first-order valence-corrected chi connectivity index (χ1v) is 6.08. The number of nitrogens with one attached hydrogen (secondary N) is 1. The molecule has 0 aliphatic heterocycles. The summed E-state index contributed by atoms with van der Waals surface area (Å²) >= 11 is 3.33. The van der Waals surface area contributed by atoms with Gasteiger partial charge in [0.1, 0.15) is 0 Å². The van der Waals surface area contributed by atoms with Crippen molar-refractivity contribution in [1.29, 1.82) is 0 Å². The molecule has 0 atom stereocenters. The Kier molecular flexibility index (Phi) is 3.43. The number of alkyl halides is 1. The lowest BCUT2D eigenvalue weighted by atomic mass is 10.1. The van der Waals surface area contributed by atoms with Crippen LogP contribution in [0.2, 0.25) is 0 Å². The summed E-state index contributed by atoms with van der Waals surface area (Å²) in [4.78, 5) is 13.8. The highest BCUT2D eigenvalue weighted by molar-refractivity contribution is 9.09. The molecule has 0 aliphatic rings. The number of aromatic amines is 1. The van der Waals surface area contributed by atoms with Gasteiger partial charge in [-0.1, -0.05) is 33.8 Å². The van der Waals surface area contributed by atoms with Gasteiger partial charge in [0, 0.05) is 40.0 Å². The highest BCUT2D eigenvalue weighted by atomic mass is 79.9. The van der Waals surface area contributed by atoms with E-state index in [-0.39, 0.29) is 0 Å². The average Bonchev–Trinajstić information content (AvgIpc) is 2.71. The molecule has 0 radical (unpaired) electrons. The zero-order valence-corrected chi connectivity index (χ0v) is 10.2. The minimum Gasteiger partial charge on any atom is -0.360 e. The summed E-state index contributed by atoms with van der Waals surface area (Å²) in [6.07, 6.45) is 3.41. The van der Waals surface area contributed by atoms with Crippen LogP contribution in [0.15, 0.2) is 24.4 Å². The molecule has 1 aromatic heterocycles. The first-order chi connectivity index (χ1) is 7.85. The summed E-state index contributed by atoms with van der Waals surface area (Å²) in [5.74, 6) is 6.13. The number of benzene rings is 1. The predicted molar refractivity (Wildman–Crippen MR) is 69.0 cm³/mol. The van der Waals surface area contributed by atoms with Crippen LogP contribution in [0.3, 0.4) is 0 Å². The molecule has 1 N–H and O–H groups in total. The minimum atomic E-state index is 0.690. The number of fused-ring (bicyclic) bond motifs is 1. The second kappa shape index (κ2) is 5.00. The molecule has 3 heteroatoms. The van der Waals surface area contributed by atoms with E-state index in [1.54, 1.807) is 6.20 Å². The van der Waals surface area contributed by atoms with Crippen molar-refractivity contribution in [3.8, 4) is 11.8 Å². The highest BCUT2D eigenvalue weighted by Crippen LogP contribution is 2.17. The Morgan fingerprint density at radius 3 is 3.06 bits per heavy atom. The first-order valence-electron chi connectivity index (χ1n) is 4.96. The second-order valence-electron chi connectivity index (χ2n) is 3.36. The molecule has 0 fully saturated rings. The Morgan fingerprint density at radius 1 is 1.44 bits per heavy atom. The van der Waals surface area contributed by atoms with Crippen molar-refractivity contribution >= 4 is 33.1 Å². The standard InChI is InChI=1S/C13H10BrNO/c14-6-2-1-3-10-4-5-12-11(9-16)8-15-13(12)7-10/h4-5,7-9,15H,2,6H2. The number of H-pyrrole nitrogens is 1. The Morgan fingerprint density at radius 2 is 2.31 bits per heavy atom. The number of hydrogen-bond donors (Lipinski definition) is 1. The highest BCUT2D eigenvalue weighted by Gasteiger charge is 2.01. The van der Waals surface area contributed by atoms with Gasteiger partial charge in [0.05, 0.1) is 0 Å². The smallest absolute Gasteiger partial charge is 0.152 e. The predicted octanol–water partition coefficient (Wildman–Crippen LogP) is 3.12. The maximum atomic E-state index is 10.7. The van der Waals surface area contributed by atoms with Crippen molar-refractivity contribution < 1.29 is 4.79 Å². The van der Waals surface area contributed by atoms with Crippen LogP contribution in [-0.2, 0) is 0 Å². The molecule has 0 amide bonds. The number of carbonyl (C=O) groups is 1. The number of hydrogen-bond acceptors (Lipinski definition) is 1. The van der Waals surface area contributed by atoms with Crippen molar-refractivity contribution in [2.45, 2.75) is 6.42 Å². The van der Waals surface area contributed by atoms with E-state index in [0.717, 1.165) is 34.5 Å². The summed E-state index contributed by atoms with van der Waals surface area (Å²) in [5, 5.41) is 1.83. The van der Waals surface area contributed by atoms with E-state index in [9.17, 15) is 4.79 Å². The lowest BCUT2D eigenvalue weighted by Gasteiger charge is -1.92. The van der Waals surface area contributed by atoms with Gasteiger partial charge >= 0.3 is 0 Å². The van der Waals surface area contributed by atoms with Crippen LogP contribution >= 0.6 is 15.9 Å². The van der Waals surface area contributed by atoms with E-state index in [1.807, 2.05) is 18.2 Å². The van der Waals surface area contributed by atoms with E-state index < -0.39 is 0 Å². The SMILES string of the molecule is O=Cc1c[nH]c2cc(C#CCCBr)ccc12. The maximum absolute atomic E-state index is 10.7. The van der Waals surface area contributed by atoms with Crippen LogP contribution < -0.4 is 0 Å². The van der Waals surface area contributed by atoms with Gasteiger partial charge in [-0.15, -0.1) is 0 Å². The Hall–Kier alpha value is -1.53. The molecule has 1 heterocycles. The van der Waals surface area contributed by atoms with Gasteiger partial charge < -0.3 is 4.98 Å². The van der Waals surface area contributed by atoms with Crippen molar-refractivity contribution in [1.82, 2.24) is 4.98 Å². The second-order valence-corrected chi connectivity index (χ2v) is 4.16. The van der Waals surface area contributed by atoms with Gasteiger partial charge in [0.2, 0.25) is 0 Å². The van der Waals surface area contributed by atoms with E-state index in [0.29, 0.717) is 5.56 Å². The maximum Gasteiger partial charge on any atom is 0.152 e. The molecule has 2 rings (SSSR count). The summed E-state index contributed by atoms with van der Waals surface area (Å²) in [6, 6.07) is 5.82. The zero-order chi connectivity index (χ0) is 11.4. The van der Waals surface area contributed by atoms with Gasteiger partial charge in [-0.05, 0) is 12.1 Å². The van der Waals surface area contributed by atoms with Gasteiger partial charge in [-0.2, -0.15) is 0 Å². The van der Waals surface area contributed by atoms with Crippen molar-refractivity contribution in [2.75, 3.05) is 5.33 Å². The van der Waals surface area contributed by atoms with E-state index in [1.165, 1.54) is 0 Å². The fourth-order valence-corrected chi connectivity index (χ4v) is 1.73. The Labute approximate surface area is 102 Å². The molecular formula is C13H10BrNO. The van der Waals surface area contributed by atoms with E-state index in [4.69, 9.17) is 0 Å². The molecule has 2 aromatic rings. The number of aromatic nitrogens is 1. The molecule has 0 saturated carbocycles. The molecule has 2 nitrogen and oxygen atoms in total. The van der Waals surface area contributed by atoms with Crippen LogP contribution in [-0.4, -0.2) is 16.6 Å². The molecule has 1 aromatic carbocycles. The van der Waals surface area contributed by atoms with Crippen LogP contribution in [0.4, 0.5) is 0 Å². The summed E-state index contributed by atoms with van der Waals surface area (Å²) in [5.41, 5.74) is 2.61. The number of carbonyl (C=O) groups excluding carboxylic acids is 1. The van der Waals surface area contributed by atoms with Gasteiger partial charge in [-0.3, -0.25) is 4.79 Å². The Balaban J connectivity index is 2.39. The largest absolute Gasteiger partial charge is 0.360 e. The van der Waals surface area contributed by atoms with Crippen molar-refractivity contribution in [3.63, 3.8) is 0 Å². The van der Waals surface area contributed by atoms with Gasteiger partial charge in [0.15, 0.2) is 6.29 Å². The third kappa shape index (κ3) is 2.17.